The maximum Gasteiger partial charge on any atom is 0.232 e. The smallest absolute Gasteiger partial charge is 0.232 e. The van der Waals surface area contributed by atoms with Crippen molar-refractivity contribution in [2.75, 3.05) is 18.6 Å². The molecule has 5 nitrogen and oxygen atoms in total. The lowest BCUT2D eigenvalue weighted by molar-refractivity contribution is -0.127. The van der Waals surface area contributed by atoms with Crippen molar-refractivity contribution < 1.29 is 4.79 Å². The number of rotatable bonds is 7. The second-order valence-corrected chi connectivity index (χ2v) is 5.98. The van der Waals surface area contributed by atoms with Crippen LogP contribution in [0.2, 0.25) is 0 Å². The summed E-state index contributed by atoms with van der Waals surface area (Å²) < 4.78 is 0. The van der Waals surface area contributed by atoms with Crippen molar-refractivity contribution in [2.45, 2.75) is 19.9 Å². The Morgan fingerprint density at radius 3 is 2.76 bits per heavy atom. The first-order valence-electron chi connectivity index (χ1n) is 6.88. The fourth-order valence-electron chi connectivity index (χ4n) is 1.86. The van der Waals surface area contributed by atoms with Crippen LogP contribution in [0.25, 0.3) is 0 Å². The third-order valence-electron chi connectivity index (χ3n) is 3.05. The van der Waals surface area contributed by atoms with Gasteiger partial charge in [0.2, 0.25) is 5.91 Å². The molecular weight excluding hydrogens is 284 g/mol. The number of carbonyl (C=O) groups excluding carboxylic acids is 1. The lowest BCUT2D eigenvalue weighted by atomic mass is 10.2. The molecule has 21 heavy (non-hydrogen) atoms. The third kappa shape index (κ3) is 5.23. The van der Waals surface area contributed by atoms with Crippen molar-refractivity contribution in [1.82, 2.24) is 20.1 Å². The van der Waals surface area contributed by atoms with Crippen molar-refractivity contribution >= 4 is 17.7 Å². The van der Waals surface area contributed by atoms with Gasteiger partial charge in [-0.1, -0.05) is 30.3 Å². The van der Waals surface area contributed by atoms with E-state index in [-0.39, 0.29) is 5.91 Å². The Hall–Kier alpha value is -1.82. The summed E-state index contributed by atoms with van der Waals surface area (Å²) in [6.07, 6.45) is 0.989. The molecule has 2 aromatic rings. The van der Waals surface area contributed by atoms with Gasteiger partial charge < -0.3 is 4.90 Å². The largest absolute Gasteiger partial charge is 0.337 e. The molecule has 0 aliphatic rings. The van der Waals surface area contributed by atoms with Crippen LogP contribution < -0.4 is 0 Å². The van der Waals surface area contributed by atoms with Crippen LogP contribution in [0.3, 0.4) is 0 Å². The Bertz CT molecular complexity index is 570. The maximum atomic E-state index is 12.0. The Labute approximate surface area is 129 Å². The number of hydrogen-bond donors (Lipinski definition) is 1. The molecule has 1 aromatic carbocycles. The number of nitrogens with zero attached hydrogens (tertiary/aromatic N) is 3. The monoisotopic (exact) mass is 304 g/mol. The number of nitrogens with one attached hydrogen (secondary N) is 1. The molecule has 0 atom stereocenters. The van der Waals surface area contributed by atoms with E-state index in [4.69, 9.17) is 0 Å². The minimum absolute atomic E-state index is 0.107. The summed E-state index contributed by atoms with van der Waals surface area (Å²) in [5.41, 5.74) is 1.31. The second kappa shape index (κ2) is 7.83. The molecule has 0 spiro atoms. The van der Waals surface area contributed by atoms with E-state index in [1.807, 2.05) is 25.1 Å². The van der Waals surface area contributed by atoms with E-state index < -0.39 is 0 Å². The lowest BCUT2D eigenvalue weighted by Crippen LogP contribution is -2.28. The predicted octanol–water partition coefficient (Wildman–Crippen LogP) is 2.05. The first kappa shape index (κ1) is 15.6. The van der Waals surface area contributed by atoms with Gasteiger partial charge in [-0.25, -0.2) is 4.98 Å². The fraction of sp³-hybridized carbons (Fsp3) is 0.400. The quantitative estimate of drug-likeness (QED) is 0.795. The number of amides is 1. The zero-order chi connectivity index (χ0) is 15.1. The van der Waals surface area contributed by atoms with Crippen LogP contribution >= 0.6 is 11.8 Å². The number of aromatic amines is 1. The highest BCUT2D eigenvalue weighted by atomic mass is 32.2. The van der Waals surface area contributed by atoms with Gasteiger partial charge in [0.25, 0.3) is 0 Å². The second-order valence-electron chi connectivity index (χ2n) is 4.88. The number of benzene rings is 1. The molecule has 1 N–H and O–H groups in total. The molecule has 1 aromatic heterocycles. The molecule has 0 unspecified atom stereocenters. The molecule has 112 valence electrons. The van der Waals surface area contributed by atoms with E-state index in [1.54, 1.807) is 23.7 Å². The third-order valence-corrected chi connectivity index (χ3v) is 4.00. The Morgan fingerprint density at radius 1 is 1.33 bits per heavy atom. The Kier molecular flexibility index (Phi) is 5.80. The van der Waals surface area contributed by atoms with E-state index in [0.717, 1.165) is 18.0 Å². The van der Waals surface area contributed by atoms with Gasteiger partial charge in [0.05, 0.1) is 12.3 Å². The van der Waals surface area contributed by atoms with Crippen LogP contribution in [0, 0.1) is 6.92 Å². The summed E-state index contributed by atoms with van der Waals surface area (Å²) >= 11 is 1.66. The normalized spacial score (nSPS) is 10.6. The summed E-state index contributed by atoms with van der Waals surface area (Å²) in [6.45, 7) is 2.29. The van der Waals surface area contributed by atoms with Crippen LogP contribution in [0.15, 0.2) is 30.3 Å². The summed E-state index contributed by atoms with van der Waals surface area (Å²) in [5, 5.41) is 6.82. The van der Waals surface area contributed by atoms with E-state index >= 15 is 0 Å². The highest BCUT2D eigenvalue weighted by Crippen LogP contribution is 2.08. The molecular formula is C15H20N4OS. The molecule has 2 rings (SSSR count). The molecule has 1 heterocycles. The predicted molar refractivity (Wildman–Crippen MR) is 85.1 cm³/mol. The van der Waals surface area contributed by atoms with Gasteiger partial charge in [0, 0.05) is 7.05 Å². The molecule has 0 fully saturated rings. The van der Waals surface area contributed by atoms with Gasteiger partial charge in [-0.3, -0.25) is 9.89 Å². The van der Waals surface area contributed by atoms with E-state index in [2.05, 4.69) is 27.3 Å². The summed E-state index contributed by atoms with van der Waals surface area (Å²) in [4.78, 5) is 17.9. The van der Waals surface area contributed by atoms with Gasteiger partial charge in [-0.2, -0.15) is 16.9 Å². The van der Waals surface area contributed by atoms with Gasteiger partial charge in [-0.05, 0) is 24.7 Å². The van der Waals surface area contributed by atoms with E-state index in [1.165, 1.54) is 5.56 Å². The molecule has 0 saturated heterocycles. The molecule has 0 aliphatic heterocycles. The number of H-pyrrole nitrogens is 1. The molecule has 1 amide bonds. The summed E-state index contributed by atoms with van der Waals surface area (Å²) in [7, 11) is 1.78. The minimum Gasteiger partial charge on any atom is -0.337 e. The van der Waals surface area contributed by atoms with Crippen LogP contribution in [0.5, 0.6) is 0 Å². The lowest BCUT2D eigenvalue weighted by Gasteiger charge is -2.14. The molecule has 6 heteroatoms. The average Bonchev–Trinajstić information content (AvgIpc) is 2.89. The number of carbonyl (C=O) groups is 1. The number of aryl methyl sites for hydroxylation is 2. The zero-order valence-corrected chi connectivity index (χ0v) is 13.2. The standard InChI is InChI=1S/C15H20N4OS/c1-12-16-14(18-17-12)10-19(2)15(20)11-21-9-8-13-6-4-3-5-7-13/h3-7H,8-11H2,1-2H3,(H,16,17,18). The first-order chi connectivity index (χ1) is 10.1. The van der Waals surface area contributed by atoms with Crippen LogP contribution in [-0.4, -0.2) is 44.5 Å². The highest BCUT2D eigenvalue weighted by molar-refractivity contribution is 7.99. The van der Waals surface area contributed by atoms with Crippen LogP contribution in [-0.2, 0) is 17.8 Å². The van der Waals surface area contributed by atoms with E-state index in [9.17, 15) is 4.79 Å². The minimum atomic E-state index is 0.107. The Balaban J connectivity index is 1.67. The van der Waals surface area contributed by atoms with Crippen molar-refractivity contribution in [2.24, 2.45) is 0 Å². The number of hydrogen-bond acceptors (Lipinski definition) is 4. The summed E-state index contributed by atoms with van der Waals surface area (Å²) in [5.74, 6) is 2.96. The first-order valence-corrected chi connectivity index (χ1v) is 8.04. The van der Waals surface area contributed by atoms with Gasteiger partial charge in [0.1, 0.15) is 5.82 Å². The Morgan fingerprint density at radius 2 is 2.10 bits per heavy atom. The van der Waals surface area contributed by atoms with Gasteiger partial charge in [0.15, 0.2) is 5.82 Å². The molecule has 0 bridgehead atoms. The van der Waals surface area contributed by atoms with Gasteiger partial charge >= 0.3 is 0 Å². The maximum absolute atomic E-state index is 12.0. The summed E-state index contributed by atoms with van der Waals surface area (Å²) in [6, 6.07) is 10.3. The fourth-order valence-corrected chi connectivity index (χ4v) is 2.78. The topological polar surface area (TPSA) is 61.9 Å². The molecule has 0 radical (unpaired) electrons. The van der Waals surface area contributed by atoms with E-state index in [0.29, 0.717) is 18.1 Å². The number of thioether (sulfide) groups is 1. The molecule has 0 saturated carbocycles. The van der Waals surface area contributed by atoms with Crippen LogP contribution in [0.1, 0.15) is 17.2 Å². The van der Waals surface area contributed by atoms with Crippen molar-refractivity contribution in [3.8, 4) is 0 Å². The van der Waals surface area contributed by atoms with Crippen molar-refractivity contribution in [1.29, 1.82) is 0 Å². The van der Waals surface area contributed by atoms with Crippen molar-refractivity contribution in [3.63, 3.8) is 0 Å². The molecule has 0 aliphatic carbocycles. The van der Waals surface area contributed by atoms with Crippen molar-refractivity contribution in [3.05, 3.63) is 47.5 Å². The van der Waals surface area contributed by atoms with Crippen LogP contribution in [0.4, 0.5) is 0 Å². The SMILES string of the molecule is Cc1nc(CN(C)C(=O)CSCCc2ccccc2)n[nH]1. The zero-order valence-electron chi connectivity index (χ0n) is 12.4. The number of aromatic nitrogens is 3. The van der Waals surface area contributed by atoms with Gasteiger partial charge in [-0.15, -0.1) is 0 Å². The average molecular weight is 304 g/mol. The highest BCUT2D eigenvalue weighted by Gasteiger charge is 2.11.